The Balaban J connectivity index is 2.02. The molecular formula is C14H21NO2S. The van der Waals surface area contributed by atoms with Crippen LogP contribution < -0.4 is 5.32 Å². The molecule has 0 radical (unpaired) electrons. The van der Waals surface area contributed by atoms with Gasteiger partial charge in [-0.2, -0.15) is 0 Å². The largest absolute Gasteiger partial charge is 0.376 e. The highest BCUT2D eigenvalue weighted by molar-refractivity contribution is 7.10. The molecule has 100 valence electrons. The first-order valence-corrected chi connectivity index (χ1v) is 7.50. The lowest BCUT2D eigenvalue weighted by molar-refractivity contribution is 0.0712. The van der Waals surface area contributed by atoms with Crippen LogP contribution in [0.3, 0.4) is 0 Å². The van der Waals surface area contributed by atoms with Crippen LogP contribution in [0.2, 0.25) is 0 Å². The third kappa shape index (κ3) is 2.75. The fourth-order valence-electron chi connectivity index (χ4n) is 2.48. The molecule has 1 amide bonds. The molecule has 2 atom stereocenters. The molecule has 0 saturated carbocycles. The van der Waals surface area contributed by atoms with Gasteiger partial charge in [-0.15, -0.1) is 11.3 Å². The van der Waals surface area contributed by atoms with Crippen LogP contribution in [0.1, 0.15) is 47.5 Å². The summed E-state index contributed by atoms with van der Waals surface area (Å²) in [4.78, 5) is 13.5. The first-order valence-electron chi connectivity index (χ1n) is 6.63. The zero-order valence-electron chi connectivity index (χ0n) is 11.3. The quantitative estimate of drug-likeness (QED) is 0.911. The van der Waals surface area contributed by atoms with Crippen molar-refractivity contribution in [3.05, 3.63) is 21.4 Å². The van der Waals surface area contributed by atoms with E-state index in [-0.39, 0.29) is 18.1 Å². The molecule has 1 aliphatic rings. The average Bonchev–Trinajstić information content (AvgIpc) is 2.97. The predicted molar refractivity (Wildman–Crippen MR) is 74.3 cm³/mol. The summed E-state index contributed by atoms with van der Waals surface area (Å²) in [5.74, 6) is 0.0409. The molecule has 3 nitrogen and oxygen atoms in total. The van der Waals surface area contributed by atoms with Crippen LogP contribution in [-0.4, -0.2) is 24.7 Å². The van der Waals surface area contributed by atoms with Gasteiger partial charge in [0.1, 0.15) is 0 Å². The standard InChI is InChI=1S/C14H21NO2S/c1-4-11-10(3)18-8-12(11)14(16)15-9(2)13-6-5-7-17-13/h8-9,13H,4-7H2,1-3H3,(H,15,16)/t9-,13-/m1/s1. The number of hydrogen-bond acceptors (Lipinski definition) is 3. The second-order valence-electron chi connectivity index (χ2n) is 4.85. The van der Waals surface area contributed by atoms with Gasteiger partial charge in [-0.05, 0) is 38.7 Å². The number of rotatable bonds is 4. The van der Waals surface area contributed by atoms with E-state index in [9.17, 15) is 4.79 Å². The molecule has 1 N–H and O–H groups in total. The van der Waals surface area contributed by atoms with Gasteiger partial charge >= 0.3 is 0 Å². The van der Waals surface area contributed by atoms with Crippen molar-refractivity contribution in [2.45, 2.75) is 52.2 Å². The number of aryl methyl sites for hydroxylation is 1. The summed E-state index contributed by atoms with van der Waals surface area (Å²) >= 11 is 1.65. The molecule has 18 heavy (non-hydrogen) atoms. The number of nitrogens with one attached hydrogen (secondary N) is 1. The lowest BCUT2D eigenvalue weighted by atomic mass is 10.1. The molecule has 0 unspecified atom stereocenters. The third-order valence-electron chi connectivity index (χ3n) is 3.58. The smallest absolute Gasteiger partial charge is 0.252 e. The molecule has 0 aromatic carbocycles. The summed E-state index contributed by atoms with van der Waals surface area (Å²) < 4.78 is 5.60. The van der Waals surface area contributed by atoms with E-state index in [1.807, 2.05) is 12.3 Å². The van der Waals surface area contributed by atoms with Crippen molar-refractivity contribution < 1.29 is 9.53 Å². The summed E-state index contributed by atoms with van der Waals surface area (Å²) in [5, 5.41) is 5.03. The number of carbonyl (C=O) groups is 1. The highest BCUT2D eigenvalue weighted by atomic mass is 32.1. The Morgan fingerprint density at radius 2 is 2.44 bits per heavy atom. The summed E-state index contributed by atoms with van der Waals surface area (Å²) in [6.45, 7) is 7.01. The SMILES string of the molecule is CCc1c(C(=O)N[C@H](C)[C@H]2CCCO2)csc1C. The molecule has 1 saturated heterocycles. The summed E-state index contributed by atoms with van der Waals surface area (Å²) in [6, 6.07) is 0.0879. The molecule has 0 bridgehead atoms. The lowest BCUT2D eigenvalue weighted by Crippen LogP contribution is -2.41. The Morgan fingerprint density at radius 1 is 1.67 bits per heavy atom. The zero-order chi connectivity index (χ0) is 13.1. The van der Waals surface area contributed by atoms with Crippen LogP contribution >= 0.6 is 11.3 Å². The van der Waals surface area contributed by atoms with E-state index in [1.165, 1.54) is 10.4 Å². The molecule has 2 heterocycles. The molecule has 1 aromatic heterocycles. The normalized spacial score (nSPS) is 20.9. The first kappa shape index (κ1) is 13.6. The fourth-order valence-corrected chi connectivity index (χ4v) is 3.42. The van der Waals surface area contributed by atoms with Gasteiger partial charge in [-0.25, -0.2) is 0 Å². The summed E-state index contributed by atoms with van der Waals surface area (Å²) in [6.07, 6.45) is 3.23. The van der Waals surface area contributed by atoms with Crippen LogP contribution in [0.5, 0.6) is 0 Å². The highest BCUT2D eigenvalue weighted by Gasteiger charge is 2.25. The van der Waals surface area contributed by atoms with E-state index in [0.29, 0.717) is 0 Å². The Labute approximate surface area is 113 Å². The van der Waals surface area contributed by atoms with Crippen molar-refractivity contribution in [3.8, 4) is 0 Å². The number of amides is 1. The number of carbonyl (C=O) groups excluding carboxylic acids is 1. The van der Waals surface area contributed by atoms with Crippen molar-refractivity contribution >= 4 is 17.2 Å². The van der Waals surface area contributed by atoms with E-state index in [1.54, 1.807) is 11.3 Å². The third-order valence-corrected chi connectivity index (χ3v) is 4.54. The van der Waals surface area contributed by atoms with Crippen LogP contribution in [0.4, 0.5) is 0 Å². The topological polar surface area (TPSA) is 38.3 Å². The van der Waals surface area contributed by atoms with E-state index in [2.05, 4.69) is 19.2 Å². The Bertz CT molecular complexity index is 421. The van der Waals surface area contributed by atoms with E-state index >= 15 is 0 Å². The van der Waals surface area contributed by atoms with Gasteiger partial charge in [-0.3, -0.25) is 4.79 Å². The first-order chi connectivity index (χ1) is 8.63. The second-order valence-corrected chi connectivity index (χ2v) is 5.94. The van der Waals surface area contributed by atoms with Crippen molar-refractivity contribution in [2.24, 2.45) is 0 Å². The number of hydrogen-bond donors (Lipinski definition) is 1. The van der Waals surface area contributed by atoms with E-state index in [4.69, 9.17) is 4.74 Å². The Morgan fingerprint density at radius 3 is 3.06 bits per heavy atom. The maximum absolute atomic E-state index is 12.2. The fraction of sp³-hybridized carbons (Fsp3) is 0.643. The van der Waals surface area contributed by atoms with Crippen molar-refractivity contribution in [1.82, 2.24) is 5.32 Å². The maximum atomic E-state index is 12.2. The summed E-state index contributed by atoms with van der Waals surface area (Å²) in [7, 11) is 0. The minimum absolute atomic E-state index is 0.0409. The van der Waals surface area contributed by atoms with Gasteiger partial charge in [0.25, 0.3) is 5.91 Å². The maximum Gasteiger partial charge on any atom is 0.252 e. The Hall–Kier alpha value is -0.870. The molecule has 1 aliphatic heterocycles. The van der Waals surface area contributed by atoms with Gasteiger partial charge in [0, 0.05) is 16.9 Å². The molecule has 0 spiro atoms. The zero-order valence-corrected chi connectivity index (χ0v) is 12.1. The summed E-state index contributed by atoms with van der Waals surface area (Å²) in [5.41, 5.74) is 2.02. The van der Waals surface area contributed by atoms with Gasteiger partial charge in [0.2, 0.25) is 0 Å². The molecule has 1 fully saturated rings. The monoisotopic (exact) mass is 267 g/mol. The van der Waals surface area contributed by atoms with Gasteiger partial charge in [-0.1, -0.05) is 6.92 Å². The molecule has 4 heteroatoms. The van der Waals surface area contributed by atoms with Crippen molar-refractivity contribution in [2.75, 3.05) is 6.61 Å². The minimum atomic E-state index is 0.0409. The number of ether oxygens (including phenoxy) is 1. The number of thiophene rings is 1. The van der Waals surface area contributed by atoms with E-state index in [0.717, 1.165) is 31.4 Å². The molecule has 2 rings (SSSR count). The van der Waals surface area contributed by atoms with Crippen molar-refractivity contribution in [1.29, 1.82) is 0 Å². The van der Waals surface area contributed by atoms with Crippen LogP contribution in [0.25, 0.3) is 0 Å². The highest BCUT2D eigenvalue weighted by Crippen LogP contribution is 2.23. The van der Waals surface area contributed by atoms with Crippen LogP contribution in [-0.2, 0) is 11.2 Å². The lowest BCUT2D eigenvalue weighted by Gasteiger charge is -2.20. The molecule has 0 aliphatic carbocycles. The Kier molecular flexibility index (Phi) is 4.40. The van der Waals surface area contributed by atoms with E-state index < -0.39 is 0 Å². The predicted octanol–water partition coefficient (Wildman–Crippen LogP) is 2.92. The van der Waals surface area contributed by atoms with Gasteiger partial charge < -0.3 is 10.1 Å². The van der Waals surface area contributed by atoms with Gasteiger partial charge in [0.15, 0.2) is 0 Å². The van der Waals surface area contributed by atoms with Crippen LogP contribution in [0.15, 0.2) is 5.38 Å². The van der Waals surface area contributed by atoms with Crippen LogP contribution in [0, 0.1) is 6.92 Å². The van der Waals surface area contributed by atoms with Crippen molar-refractivity contribution in [3.63, 3.8) is 0 Å². The molecule has 1 aromatic rings. The minimum Gasteiger partial charge on any atom is -0.376 e. The molecular weight excluding hydrogens is 246 g/mol. The second kappa shape index (κ2) is 5.85. The van der Waals surface area contributed by atoms with Gasteiger partial charge in [0.05, 0.1) is 17.7 Å². The average molecular weight is 267 g/mol.